The van der Waals surface area contributed by atoms with E-state index in [0.717, 1.165) is 19.0 Å². The third-order valence-corrected chi connectivity index (χ3v) is 5.27. The quantitative estimate of drug-likeness (QED) is 0.649. The molecule has 1 aliphatic rings. The number of nitrogens with one attached hydrogen (secondary N) is 2. The highest BCUT2D eigenvalue weighted by molar-refractivity contribution is 8.01. The summed E-state index contributed by atoms with van der Waals surface area (Å²) in [7, 11) is 0. The third kappa shape index (κ3) is 3.65. The van der Waals surface area contributed by atoms with Gasteiger partial charge in [-0.3, -0.25) is 10.1 Å². The molecule has 0 spiro atoms. The molecule has 1 aliphatic heterocycles. The lowest BCUT2D eigenvalue weighted by Crippen LogP contribution is -2.21. The predicted octanol–water partition coefficient (Wildman–Crippen LogP) is 3.90. The normalized spacial score (nSPS) is 16.1. The summed E-state index contributed by atoms with van der Waals surface area (Å²) in [6, 6.07) is 11.7. The van der Waals surface area contributed by atoms with Crippen molar-refractivity contribution in [2.45, 2.75) is 9.10 Å². The van der Waals surface area contributed by atoms with E-state index in [1.54, 1.807) is 29.2 Å². The molecular weight excluding hydrogens is 344 g/mol. The highest BCUT2D eigenvalue weighted by atomic mass is 35.5. The van der Waals surface area contributed by atoms with Gasteiger partial charge in [-0.05, 0) is 54.7 Å². The van der Waals surface area contributed by atoms with E-state index >= 15 is 0 Å². The molecule has 0 bridgehead atoms. The molecule has 0 atom stereocenters. The molecule has 1 amide bonds. The molecule has 106 valence electrons. The van der Waals surface area contributed by atoms with Crippen LogP contribution in [0.5, 0.6) is 0 Å². The van der Waals surface area contributed by atoms with E-state index in [0.29, 0.717) is 10.8 Å². The maximum absolute atomic E-state index is 11.6. The van der Waals surface area contributed by atoms with Crippen molar-refractivity contribution in [1.29, 1.82) is 0 Å². The first-order valence-electron chi connectivity index (χ1n) is 5.97. The topological polar surface area (TPSA) is 41.1 Å². The summed E-state index contributed by atoms with van der Waals surface area (Å²) in [5.74, 6) is -0.194. The van der Waals surface area contributed by atoms with Gasteiger partial charge in [-0.2, -0.15) is 0 Å². The van der Waals surface area contributed by atoms with Crippen molar-refractivity contribution in [3.8, 4) is 0 Å². The minimum atomic E-state index is -0.194. The first kappa shape index (κ1) is 14.6. The van der Waals surface area contributed by atoms with Crippen molar-refractivity contribution in [2.24, 2.45) is 0 Å². The van der Waals surface area contributed by atoms with Gasteiger partial charge in [-0.15, -0.1) is 11.3 Å². The SMILES string of the molecule is O=C1NC(=S)N/C1=C\c1ccc(Sc2ccc(Cl)cc2)s1. The van der Waals surface area contributed by atoms with Gasteiger partial charge in [0.2, 0.25) is 0 Å². The molecule has 2 aromatic rings. The summed E-state index contributed by atoms with van der Waals surface area (Å²) >= 11 is 14.0. The molecule has 0 aliphatic carbocycles. The summed E-state index contributed by atoms with van der Waals surface area (Å²) in [6.45, 7) is 0. The van der Waals surface area contributed by atoms with Gasteiger partial charge in [-0.1, -0.05) is 23.4 Å². The first-order valence-corrected chi connectivity index (χ1v) is 8.39. The van der Waals surface area contributed by atoms with Gasteiger partial charge in [-0.25, -0.2) is 0 Å². The molecule has 21 heavy (non-hydrogen) atoms. The fraction of sp³-hybridized carbons (Fsp3) is 0. The van der Waals surface area contributed by atoms with Crippen LogP contribution < -0.4 is 10.6 Å². The van der Waals surface area contributed by atoms with Gasteiger partial charge in [0.15, 0.2) is 5.11 Å². The van der Waals surface area contributed by atoms with Gasteiger partial charge in [0.25, 0.3) is 5.91 Å². The minimum Gasteiger partial charge on any atom is -0.328 e. The Balaban J connectivity index is 1.74. The predicted molar refractivity (Wildman–Crippen MR) is 91.7 cm³/mol. The molecule has 2 heterocycles. The van der Waals surface area contributed by atoms with E-state index in [9.17, 15) is 4.79 Å². The standard InChI is InChI=1S/C14H9ClN2OS3/c15-8-1-3-9(4-2-8)20-12-6-5-10(21-12)7-11-13(18)17-14(19)16-11/h1-7H,(H2,16,17,18,19)/b11-7-. The van der Waals surface area contributed by atoms with E-state index in [2.05, 4.69) is 10.6 Å². The summed E-state index contributed by atoms with van der Waals surface area (Å²) in [6.07, 6.45) is 1.80. The summed E-state index contributed by atoms with van der Waals surface area (Å²) in [5.41, 5.74) is 0.477. The maximum Gasteiger partial charge on any atom is 0.273 e. The zero-order valence-electron chi connectivity index (χ0n) is 10.6. The Morgan fingerprint density at radius 1 is 1.14 bits per heavy atom. The Morgan fingerprint density at radius 2 is 1.90 bits per heavy atom. The van der Waals surface area contributed by atoms with Gasteiger partial charge in [0.1, 0.15) is 5.70 Å². The molecule has 0 unspecified atom stereocenters. The molecule has 7 heteroatoms. The Bertz CT molecular complexity index is 737. The molecule has 0 saturated carbocycles. The van der Waals surface area contributed by atoms with E-state index in [-0.39, 0.29) is 5.91 Å². The zero-order chi connectivity index (χ0) is 14.8. The fourth-order valence-electron chi connectivity index (χ4n) is 1.71. The Hall–Kier alpha value is -1.34. The Kier molecular flexibility index (Phi) is 4.30. The average molecular weight is 353 g/mol. The van der Waals surface area contributed by atoms with Crippen LogP contribution >= 0.6 is 46.9 Å². The second kappa shape index (κ2) is 6.19. The van der Waals surface area contributed by atoms with Crippen molar-refractivity contribution in [3.05, 3.63) is 52.0 Å². The first-order chi connectivity index (χ1) is 10.1. The lowest BCUT2D eigenvalue weighted by molar-refractivity contribution is -0.115. The maximum atomic E-state index is 11.6. The van der Waals surface area contributed by atoms with E-state index in [4.69, 9.17) is 23.8 Å². The van der Waals surface area contributed by atoms with Crippen LogP contribution in [0.3, 0.4) is 0 Å². The number of halogens is 1. The van der Waals surface area contributed by atoms with Gasteiger partial charge >= 0.3 is 0 Å². The van der Waals surface area contributed by atoms with Gasteiger partial charge in [0, 0.05) is 14.8 Å². The van der Waals surface area contributed by atoms with Crippen LogP contribution in [-0.2, 0) is 4.79 Å². The van der Waals surface area contributed by atoms with Crippen LogP contribution in [0.1, 0.15) is 4.88 Å². The Morgan fingerprint density at radius 3 is 2.57 bits per heavy atom. The second-order valence-corrected chi connectivity index (χ2v) is 7.51. The van der Waals surface area contributed by atoms with Crippen LogP contribution in [0.25, 0.3) is 6.08 Å². The van der Waals surface area contributed by atoms with E-state index in [1.807, 2.05) is 36.4 Å². The lowest BCUT2D eigenvalue weighted by atomic mass is 10.3. The molecule has 2 N–H and O–H groups in total. The monoisotopic (exact) mass is 352 g/mol. The number of amides is 1. The lowest BCUT2D eigenvalue weighted by Gasteiger charge is -1.97. The third-order valence-electron chi connectivity index (χ3n) is 2.64. The molecule has 1 aromatic heterocycles. The molecule has 1 saturated heterocycles. The summed E-state index contributed by atoms with van der Waals surface area (Å²) < 4.78 is 1.14. The van der Waals surface area contributed by atoms with E-state index < -0.39 is 0 Å². The van der Waals surface area contributed by atoms with Crippen molar-refractivity contribution >= 4 is 64.0 Å². The molecule has 1 fully saturated rings. The summed E-state index contributed by atoms with van der Waals surface area (Å²) in [4.78, 5) is 13.7. The fourth-order valence-corrected chi connectivity index (χ4v) is 4.10. The number of carbonyl (C=O) groups excluding carboxylic acids is 1. The van der Waals surface area contributed by atoms with Crippen LogP contribution in [0, 0.1) is 0 Å². The number of thiophene rings is 1. The zero-order valence-corrected chi connectivity index (χ0v) is 13.8. The minimum absolute atomic E-state index is 0.194. The Labute approximate surface area is 140 Å². The van der Waals surface area contributed by atoms with Crippen LogP contribution in [0.2, 0.25) is 5.02 Å². The van der Waals surface area contributed by atoms with Crippen molar-refractivity contribution in [3.63, 3.8) is 0 Å². The van der Waals surface area contributed by atoms with E-state index in [1.165, 1.54) is 0 Å². The molecule has 0 radical (unpaired) electrons. The highest BCUT2D eigenvalue weighted by Gasteiger charge is 2.20. The van der Waals surface area contributed by atoms with Crippen molar-refractivity contribution in [1.82, 2.24) is 10.6 Å². The van der Waals surface area contributed by atoms with Crippen LogP contribution in [0.4, 0.5) is 0 Å². The largest absolute Gasteiger partial charge is 0.328 e. The number of thiocarbonyl (C=S) groups is 1. The number of hydrogen-bond acceptors (Lipinski definition) is 4. The summed E-state index contributed by atoms with van der Waals surface area (Å²) in [5, 5.41) is 6.45. The van der Waals surface area contributed by atoms with Crippen LogP contribution in [-0.4, -0.2) is 11.0 Å². The molecule has 1 aromatic carbocycles. The number of benzene rings is 1. The highest BCUT2D eigenvalue weighted by Crippen LogP contribution is 2.34. The number of rotatable bonds is 3. The van der Waals surface area contributed by atoms with Crippen molar-refractivity contribution in [2.75, 3.05) is 0 Å². The van der Waals surface area contributed by atoms with Crippen LogP contribution in [0.15, 0.2) is 51.2 Å². The van der Waals surface area contributed by atoms with Gasteiger partial charge < -0.3 is 5.32 Å². The second-order valence-electron chi connectivity index (χ2n) is 4.18. The smallest absolute Gasteiger partial charge is 0.273 e. The molecule has 3 rings (SSSR count). The van der Waals surface area contributed by atoms with Gasteiger partial charge in [0.05, 0.1) is 4.21 Å². The average Bonchev–Trinajstić information content (AvgIpc) is 3.00. The molecular formula is C14H9ClN2OS3. The van der Waals surface area contributed by atoms with Crippen molar-refractivity contribution < 1.29 is 4.79 Å². The molecule has 3 nitrogen and oxygen atoms in total. The number of hydrogen-bond donors (Lipinski definition) is 2. The number of carbonyl (C=O) groups is 1.